The molecule has 1 N–H and O–H groups in total. The number of nitrogens with one attached hydrogen (secondary N) is 1. The van der Waals surface area contributed by atoms with Crippen molar-refractivity contribution in [1.82, 2.24) is 15.4 Å². The van der Waals surface area contributed by atoms with Gasteiger partial charge in [-0.05, 0) is 36.0 Å². The maximum Gasteiger partial charge on any atom is 0.283 e. The topological polar surface area (TPSA) is 129 Å². The molecule has 1 aromatic heterocycles. The Kier molecular flexibility index (Phi) is 7.12. The lowest BCUT2D eigenvalue weighted by Gasteiger charge is -2.07. The molecule has 0 aliphatic rings. The molecule has 0 fully saturated rings. The summed E-state index contributed by atoms with van der Waals surface area (Å²) in [4.78, 5) is 31.8. The summed E-state index contributed by atoms with van der Waals surface area (Å²) in [6.07, 6.45) is 4.43. The van der Waals surface area contributed by atoms with Crippen molar-refractivity contribution in [3.8, 4) is 11.5 Å². The maximum absolute atomic E-state index is 12.3. The molecule has 0 bridgehead atoms. The van der Waals surface area contributed by atoms with Crippen molar-refractivity contribution in [2.75, 3.05) is 14.2 Å². The number of hydrogen-bond acceptors (Lipinski definition) is 9. The van der Waals surface area contributed by atoms with Gasteiger partial charge in [-0.15, -0.1) is 0 Å². The molecule has 0 spiro atoms. The van der Waals surface area contributed by atoms with Crippen LogP contribution in [0, 0.1) is 10.1 Å². The van der Waals surface area contributed by atoms with Gasteiger partial charge in [-0.1, -0.05) is 6.07 Å². The number of carbonyl (C=O) groups is 1. The lowest BCUT2D eigenvalue weighted by molar-refractivity contribution is -0.387. The Labute approximate surface area is 181 Å². The third kappa shape index (κ3) is 5.76. The number of hydrogen-bond donors (Lipinski definition) is 1. The Morgan fingerprint density at radius 2 is 1.81 bits per heavy atom. The van der Waals surface area contributed by atoms with E-state index < -0.39 is 10.8 Å². The highest BCUT2D eigenvalue weighted by Crippen LogP contribution is 2.33. The van der Waals surface area contributed by atoms with Gasteiger partial charge in [0.25, 0.3) is 11.6 Å². The molecule has 0 aliphatic heterocycles. The van der Waals surface area contributed by atoms with Crippen LogP contribution in [-0.2, 0) is 0 Å². The number of aromatic nitrogens is 2. The molecule has 3 rings (SSSR count). The predicted octanol–water partition coefficient (Wildman–Crippen LogP) is 3.32. The molecule has 31 heavy (non-hydrogen) atoms. The van der Waals surface area contributed by atoms with E-state index in [0.717, 1.165) is 11.8 Å². The Bertz CT molecular complexity index is 1100. The lowest BCUT2D eigenvalue weighted by atomic mass is 10.2. The van der Waals surface area contributed by atoms with Crippen LogP contribution in [0.4, 0.5) is 5.69 Å². The van der Waals surface area contributed by atoms with Crippen LogP contribution < -0.4 is 14.9 Å². The van der Waals surface area contributed by atoms with Crippen molar-refractivity contribution in [3.63, 3.8) is 0 Å². The van der Waals surface area contributed by atoms with E-state index in [0.29, 0.717) is 27.1 Å². The normalized spacial score (nSPS) is 10.6. The summed E-state index contributed by atoms with van der Waals surface area (Å²) in [5.41, 5.74) is 2.98. The van der Waals surface area contributed by atoms with Crippen LogP contribution >= 0.6 is 11.8 Å². The first kappa shape index (κ1) is 21.7. The van der Waals surface area contributed by atoms with Crippen molar-refractivity contribution < 1.29 is 19.2 Å². The molecule has 1 heterocycles. The highest BCUT2D eigenvalue weighted by Gasteiger charge is 2.16. The molecule has 0 aliphatic carbocycles. The van der Waals surface area contributed by atoms with E-state index in [1.807, 2.05) is 0 Å². The highest BCUT2D eigenvalue weighted by molar-refractivity contribution is 7.99. The monoisotopic (exact) mass is 439 g/mol. The number of hydrazone groups is 1. The minimum Gasteiger partial charge on any atom is -0.497 e. The molecule has 1 amide bonds. The number of nitro benzene ring substituents is 1. The first-order valence-corrected chi connectivity index (χ1v) is 9.61. The Morgan fingerprint density at radius 3 is 2.42 bits per heavy atom. The number of nitro groups is 1. The number of methoxy groups -OCH3 is 2. The van der Waals surface area contributed by atoms with Gasteiger partial charge < -0.3 is 9.47 Å². The molecule has 10 nitrogen and oxygen atoms in total. The highest BCUT2D eigenvalue weighted by atomic mass is 32.2. The number of benzene rings is 2. The smallest absolute Gasteiger partial charge is 0.283 e. The van der Waals surface area contributed by atoms with E-state index >= 15 is 0 Å². The quantitative estimate of drug-likeness (QED) is 0.245. The Balaban J connectivity index is 1.74. The minimum atomic E-state index is -0.496. The van der Waals surface area contributed by atoms with E-state index in [1.165, 1.54) is 38.6 Å². The van der Waals surface area contributed by atoms with Gasteiger partial charge >= 0.3 is 0 Å². The van der Waals surface area contributed by atoms with Crippen molar-refractivity contribution in [3.05, 3.63) is 76.1 Å². The van der Waals surface area contributed by atoms with Crippen LogP contribution in [0.25, 0.3) is 0 Å². The summed E-state index contributed by atoms with van der Waals surface area (Å²) >= 11 is 1.08. The van der Waals surface area contributed by atoms with Crippen LogP contribution in [-0.4, -0.2) is 41.2 Å². The second-order valence-corrected chi connectivity index (χ2v) is 6.93. The van der Waals surface area contributed by atoms with E-state index in [2.05, 4.69) is 20.5 Å². The molecule has 0 unspecified atom stereocenters. The molecule has 158 valence electrons. The fourth-order valence-corrected chi connectivity index (χ4v) is 3.25. The zero-order valence-corrected chi connectivity index (χ0v) is 17.3. The summed E-state index contributed by atoms with van der Waals surface area (Å²) in [6.45, 7) is 0. The number of carbonyl (C=O) groups excluding carboxylic acids is 1. The fourth-order valence-electron chi connectivity index (χ4n) is 2.45. The van der Waals surface area contributed by atoms with Crippen LogP contribution in [0.5, 0.6) is 11.5 Å². The summed E-state index contributed by atoms with van der Waals surface area (Å²) in [6, 6.07) is 11.0. The Hall–Kier alpha value is -3.99. The second-order valence-electron chi connectivity index (χ2n) is 5.92. The van der Waals surface area contributed by atoms with Crippen LogP contribution in [0.15, 0.2) is 70.0 Å². The van der Waals surface area contributed by atoms with Crippen molar-refractivity contribution in [2.24, 2.45) is 5.10 Å². The van der Waals surface area contributed by atoms with Gasteiger partial charge in [0.05, 0.1) is 30.3 Å². The summed E-state index contributed by atoms with van der Waals surface area (Å²) < 4.78 is 10.3. The summed E-state index contributed by atoms with van der Waals surface area (Å²) in [5, 5.41) is 15.7. The standard InChI is InChI=1S/C20H17N5O5S/c1-29-15-9-14(10-16(11-15)30-2)19(26)24-23-12-13-4-5-18(17(8-13)25(27)28)31-20-21-6-3-7-22-20/h3-12H,1-2H3,(H,24,26). The zero-order valence-electron chi connectivity index (χ0n) is 16.5. The average Bonchev–Trinajstić information content (AvgIpc) is 2.80. The molecule has 2 aromatic carbocycles. The number of ether oxygens (including phenoxy) is 2. The molecule has 0 radical (unpaired) electrons. The SMILES string of the molecule is COc1cc(OC)cc(C(=O)NN=Cc2ccc(Sc3ncccn3)c([N+](=O)[O-])c2)c1. The average molecular weight is 439 g/mol. The van der Waals surface area contributed by atoms with Crippen LogP contribution in [0.1, 0.15) is 15.9 Å². The van der Waals surface area contributed by atoms with E-state index in [4.69, 9.17) is 9.47 Å². The van der Waals surface area contributed by atoms with E-state index in [-0.39, 0.29) is 11.3 Å². The predicted molar refractivity (Wildman–Crippen MR) is 114 cm³/mol. The van der Waals surface area contributed by atoms with E-state index in [9.17, 15) is 14.9 Å². The number of rotatable bonds is 8. The van der Waals surface area contributed by atoms with Gasteiger partial charge in [-0.25, -0.2) is 15.4 Å². The first-order chi connectivity index (χ1) is 15.0. The molecule has 0 saturated heterocycles. The van der Waals surface area contributed by atoms with Crippen molar-refractivity contribution in [2.45, 2.75) is 10.1 Å². The van der Waals surface area contributed by atoms with Crippen molar-refractivity contribution >= 4 is 29.6 Å². The molecule has 11 heteroatoms. The van der Waals surface area contributed by atoms with Gasteiger partial charge in [-0.3, -0.25) is 14.9 Å². The van der Waals surface area contributed by atoms with Crippen LogP contribution in [0.3, 0.4) is 0 Å². The first-order valence-electron chi connectivity index (χ1n) is 8.80. The number of nitrogens with zero attached hydrogens (tertiary/aromatic N) is 4. The van der Waals surface area contributed by atoms with Crippen LogP contribution in [0.2, 0.25) is 0 Å². The van der Waals surface area contributed by atoms with Gasteiger partial charge in [-0.2, -0.15) is 5.10 Å². The lowest BCUT2D eigenvalue weighted by Crippen LogP contribution is -2.17. The third-order valence-corrected chi connectivity index (χ3v) is 4.87. The Morgan fingerprint density at radius 1 is 1.13 bits per heavy atom. The largest absolute Gasteiger partial charge is 0.497 e. The minimum absolute atomic E-state index is 0.120. The molecular formula is C20H17N5O5S. The summed E-state index contributed by atoms with van der Waals surface area (Å²) in [5.74, 6) is 0.426. The third-order valence-electron chi connectivity index (χ3n) is 3.92. The van der Waals surface area contributed by atoms with Crippen molar-refractivity contribution in [1.29, 1.82) is 0 Å². The second kappa shape index (κ2) is 10.2. The molecular weight excluding hydrogens is 422 g/mol. The molecule has 3 aromatic rings. The fraction of sp³-hybridized carbons (Fsp3) is 0.100. The van der Waals surface area contributed by atoms with Gasteiger partial charge in [0.1, 0.15) is 11.5 Å². The van der Waals surface area contributed by atoms with Gasteiger partial charge in [0, 0.05) is 35.7 Å². The van der Waals surface area contributed by atoms with Gasteiger partial charge in [0.15, 0.2) is 5.16 Å². The zero-order chi connectivity index (χ0) is 22.2. The summed E-state index contributed by atoms with van der Waals surface area (Å²) in [7, 11) is 2.96. The van der Waals surface area contributed by atoms with E-state index in [1.54, 1.807) is 36.7 Å². The molecule has 0 atom stereocenters. The molecule has 0 saturated carbocycles. The van der Waals surface area contributed by atoms with Gasteiger partial charge in [0.2, 0.25) is 0 Å². The maximum atomic E-state index is 12.3. The number of amides is 1.